The van der Waals surface area contributed by atoms with E-state index in [-0.39, 0.29) is 0 Å². The van der Waals surface area contributed by atoms with Crippen molar-refractivity contribution in [2.24, 2.45) is 0 Å². The molecule has 106 valence electrons. The maximum absolute atomic E-state index is 5.14. The van der Waals surface area contributed by atoms with E-state index < -0.39 is 0 Å². The third-order valence-corrected chi connectivity index (χ3v) is 2.96. The van der Waals surface area contributed by atoms with Gasteiger partial charge >= 0.3 is 0 Å². The molecule has 0 aliphatic heterocycles. The molecular weight excluding hydrogens is 250 g/mol. The lowest BCUT2D eigenvalue weighted by molar-refractivity contribution is 0.402. The number of ether oxygens (including phenoxy) is 1. The highest BCUT2D eigenvalue weighted by Gasteiger charge is 1.99. The molecule has 2 rings (SSSR count). The van der Waals surface area contributed by atoms with Gasteiger partial charge in [-0.1, -0.05) is 18.2 Å². The fourth-order valence-corrected chi connectivity index (χ4v) is 1.92. The van der Waals surface area contributed by atoms with Crippen LogP contribution in [0.3, 0.4) is 0 Å². The van der Waals surface area contributed by atoms with Crippen LogP contribution in [-0.2, 0) is 13.1 Å². The van der Waals surface area contributed by atoms with Gasteiger partial charge in [-0.25, -0.2) is 4.98 Å². The van der Waals surface area contributed by atoms with Gasteiger partial charge in [0, 0.05) is 19.3 Å². The molecule has 1 aromatic carbocycles. The lowest BCUT2D eigenvalue weighted by atomic mass is 10.2. The van der Waals surface area contributed by atoms with Crippen LogP contribution >= 0.6 is 0 Å². The Morgan fingerprint density at radius 3 is 2.30 bits per heavy atom. The van der Waals surface area contributed by atoms with Crippen LogP contribution in [0, 0.1) is 0 Å². The van der Waals surface area contributed by atoms with Crippen LogP contribution < -0.4 is 10.1 Å². The number of anilines is 1. The van der Waals surface area contributed by atoms with E-state index >= 15 is 0 Å². The quantitative estimate of drug-likeness (QED) is 0.876. The van der Waals surface area contributed by atoms with Gasteiger partial charge in [-0.05, 0) is 43.4 Å². The lowest BCUT2D eigenvalue weighted by Gasteiger charge is -2.10. The molecule has 2 aromatic rings. The van der Waals surface area contributed by atoms with E-state index in [0.717, 1.165) is 24.7 Å². The SMILES string of the molecule is COc1ccc(CNc2ccc(CN(C)C)cn2)cc1. The first-order chi connectivity index (χ1) is 9.67. The van der Waals surface area contributed by atoms with Crippen LogP contribution in [0.1, 0.15) is 11.1 Å². The number of nitrogens with one attached hydrogen (secondary N) is 1. The second kappa shape index (κ2) is 6.91. The van der Waals surface area contributed by atoms with Crippen LogP contribution in [0.25, 0.3) is 0 Å². The van der Waals surface area contributed by atoms with Gasteiger partial charge in [-0.3, -0.25) is 0 Å². The van der Waals surface area contributed by atoms with E-state index in [2.05, 4.69) is 35.4 Å². The Morgan fingerprint density at radius 1 is 1.05 bits per heavy atom. The standard InChI is InChI=1S/C16H21N3O/c1-19(2)12-14-6-9-16(18-11-14)17-10-13-4-7-15(20-3)8-5-13/h4-9,11H,10,12H2,1-3H3,(H,17,18). The van der Waals surface area contributed by atoms with Crippen molar-refractivity contribution in [1.82, 2.24) is 9.88 Å². The molecule has 0 amide bonds. The third kappa shape index (κ3) is 4.24. The van der Waals surface area contributed by atoms with Crippen molar-refractivity contribution >= 4 is 5.82 Å². The van der Waals surface area contributed by atoms with Crippen LogP contribution in [0.15, 0.2) is 42.6 Å². The first-order valence-corrected chi connectivity index (χ1v) is 6.64. The van der Waals surface area contributed by atoms with Crippen LogP contribution in [0.5, 0.6) is 5.75 Å². The molecule has 0 spiro atoms. The fraction of sp³-hybridized carbons (Fsp3) is 0.312. The Bertz CT molecular complexity index is 520. The Balaban J connectivity index is 1.89. The van der Waals surface area contributed by atoms with Gasteiger partial charge in [-0.15, -0.1) is 0 Å². The van der Waals surface area contributed by atoms with Crippen molar-refractivity contribution in [2.45, 2.75) is 13.1 Å². The van der Waals surface area contributed by atoms with Gasteiger partial charge in [-0.2, -0.15) is 0 Å². The lowest BCUT2D eigenvalue weighted by Crippen LogP contribution is -2.11. The Hall–Kier alpha value is -2.07. The van der Waals surface area contributed by atoms with Gasteiger partial charge in [0.05, 0.1) is 7.11 Å². The number of nitrogens with zero attached hydrogens (tertiary/aromatic N) is 2. The predicted octanol–water partition coefficient (Wildman–Crippen LogP) is 2.76. The molecule has 1 aromatic heterocycles. The number of methoxy groups -OCH3 is 1. The summed E-state index contributed by atoms with van der Waals surface area (Å²) in [7, 11) is 5.78. The highest BCUT2D eigenvalue weighted by molar-refractivity contribution is 5.37. The Labute approximate surface area is 120 Å². The zero-order valence-corrected chi connectivity index (χ0v) is 12.3. The van der Waals surface area contributed by atoms with E-state index in [1.165, 1.54) is 11.1 Å². The highest BCUT2D eigenvalue weighted by atomic mass is 16.5. The fourth-order valence-electron chi connectivity index (χ4n) is 1.92. The second-order valence-corrected chi connectivity index (χ2v) is 4.99. The predicted molar refractivity (Wildman–Crippen MR) is 81.9 cm³/mol. The van der Waals surface area contributed by atoms with Gasteiger partial charge in [0.25, 0.3) is 0 Å². The van der Waals surface area contributed by atoms with Crippen LogP contribution in [-0.4, -0.2) is 31.1 Å². The summed E-state index contributed by atoms with van der Waals surface area (Å²) >= 11 is 0. The summed E-state index contributed by atoms with van der Waals surface area (Å²) in [5.41, 5.74) is 2.41. The summed E-state index contributed by atoms with van der Waals surface area (Å²) in [6, 6.07) is 12.1. The highest BCUT2D eigenvalue weighted by Crippen LogP contribution is 2.13. The molecule has 1 heterocycles. The van der Waals surface area contributed by atoms with Gasteiger partial charge in [0.15, 0.2) is 0 Å². The van der Waals surface area contributed by atoms with Gasteiger partial charge < -0.3 is 15.0 Å². The molecule has 1 N–H and O–H groups in total. The minimum atomic E-state index is 0.754. The molecule has 4 heteroatoms. The van der Waals surface area contributed by atoms with Crippen molar-refractivity contribution in [2.75, 3.05) is 26.5 Å². The summed E-state index contributed by atoms with van der Waals surface area (Å²) in [5.74, 6) is 1.77. The zero-order valence-electron chi connectivity index (χ0n) is 12.3. The molecule has 0 fully saturated rings. The summed E-state index contributed by atoms with van der Waals surface area (Å²) < 4.78 is 5.14. The number of pyridine rings is 1. The largest absolute Gasteiger partial charge is 0.497 e. The molecule has 0 unspecified atom stereocenters. The number of aromatic nitrogens is 1. The Morgan fingerprint density at radius 2 is 1.75 bits per heavy atom. The average Bonchev–Trinajstić information content (AvgIpc) is 2.46. The van der Waals surface area contributed by atoms with Crippen molar-refractivity contribution < 1.29 is 4.74 Å². The minimum absolute atomic E-state index is 0.754. The summed E-state index contributed by atoms with van der Waals surface area (Å²) in [6.07, 6.45) is 1.91. The first kappa shape index (κ1) is 14.3. The van der Waals surface area contributed by atoms with Gasteiger partial charge in [0.2, 0.25) is 0 Å². The first-order valence-electron chi connectivity index (χ1n) is 6.64. The van der Waals surface area contributed by atoms with Crippen LogP contribution in [0.2, 0.25) is 0 Å². The maximum atomic E-state index is 5.14. The van der Waals surface area contributed by atoms with E-state index in [4.69, 9.17) is 4.74 Å². The number of rotatable bonds is 6. The normalized spacial score (nSPS) is 10.6. The number of hydrogen-bond donors (Lipinski definition) is 1. The maximum Gasteiger partial charge on any atom is 0.126 e. The second-order valence-electron chi connectivity index (χ2n) is 4.99. The minimum Gasteiger partial charge on any atom is -0.497 e. The molecule has 20 heavy (non-hydrogen) atoms. The zero-order chi connectivity index (χ0) is 14.4. The molecule has 0 aliphatic rings. The molecular formula is C16H21N3O. The van der Waals surface area contributed by atoms with Crippen LogP contribution in [0.4, 0.5) is 5.82 Å². The molecule has 4 nitrogen and oxygen atoms in total. The van der Waals surface area contributed by atoms with Crippen molar-refractivity contribution in [1.29, 1.82) is 0 Å². The van der Waals surface area contributed by atoms with Crippen molar-refractivity contribution in [3.05, 3.63) is 53.7 Å². The van der Waals surface area contributed by atoms with E-state index in [9.17, 15) is 0 Å². The molecule has 0 bridgehead atoms. The number of hydrogen-bond acceptors (Lipinski definition) is 4. The number of benzene rings is 1. The summed E-state index contributed by atoms with van der Waals surface area (Å²) in [4.78, 5) is 6.54. The monoisotopic (exact) mass is 271 g/mol. The summed E-state index contributed by atoms with van der Waals surface area (Å²) in [6.45, 7) is 1.66. The molecule has 0 saturated heterocycles. The van der Waals surface area contributed by atoms with E-state index in [1.807, 2.05) is 36.5 Å². The van der Waals surface area contributed by atoms with E-state index in [1.54, 1.807) is 7.11 Å². The smallest absolute Gasteiger partial charge is 0.126 e. The van der Waals surface area contributed by atoms with E-state index in [0.29, 0.717) is 0 Å². The van der Waals surface area contributed by atoms with Gasteiger partial charge in [0.1, 0.15) is 11.6 Å². The molecule has 0 aliphatic carbocycles. The van der Waals surface area contributed by atoms with Crippen molar-refractivity contribution in [3.8, 4) is 5.75 Å². The van der Waals surface area contributed by atoms with Crippen molar-refractivity contribution in [3.63, 3.8) is 0 Å². The summed E-state index contributed by atoms with van der Waals surface area (Å²) in [5, 5.41) is 3.31. The third-order valence-electron chi connectivity index (χ3n) is 2.96. The molecule has 0 saturated carbocycles. The average molecular weight is 271 g/mol. The Kier molecular flexibility index (Phi) is 4.96. The topological polar surface area (TPSA) is 37.4 Å². The molecule has 0 radical (unpaired) electrons. The molecule has 0 atom stereocenters.